The SMILES string of the molecule is CC1(C)OB(c2cnn(C3CCN(C4CCN(c5ccc([N+](=O)[O-])cc5F)CC4(F)F)CC3)c2)OC1(C)C. The summed E-state index contributed by atoms with van der Waals surface area (Å²) in [7, 11) is -0.502. The number of nitrogens with zero attached hydrogens (tertiary/aromatic N) is 5. The Morgan fingerprint density at radius 2 is 1.74 bits per heavy atom. The van der Waals surface area contributed by atoms with Gasteiger partial charge in [-0.1, -0.05) is 0 Å². The van der Waals surface area contributed by atoms with Gasteiger partial charge in [0.1, 0.15) is 0 Å². The van der Waals surface area contributed by atoms with Crippen LogP contribution in [-0.2, 0) is 9.31 Å². The Balaban J connectivity index is 1.19. The average molecular weight is 535 g/mol. The molecule has 3 saturated heterocycles. The second-order valence-corrected chi connectivity index (χ2v) is 11.5. The van der Waals surface area contributed by atoms with Crippen LogP contribution in [0.25, 0.3) is 0 Å². The first-order valence-electron chi connectivity index (χ1n) is 13.0. The molecule has 206 valence electrons. The van der Waals surface area contributed by atoms with E-state index in [-0.39, 0.29) is 24.7 Å². The fourth-order valence-electron chi connectivity index (χ4n) is 5.56. The maximum absolute atomic E-state index is 15.3. The summed E-state index contributed by atoms with van der Waals surface area (Å²) in [5, 5.41) is 15.4. The van der Waals surface area contributed by atoms with Gasteiger partial charge >= 0.3 is 7.12 Å². The van der Waals surface area contributed by atoms with Crippen molar-refractivity contribution in [2.75, 3.05) is 31.1 Å². The lowest BCUT2D eigenvalue weighted by atomic mass is 9.82. The third-order valence-electron chi connectivity index (χ3n) is 8.51. The summed E-state index contributed by atoms with van der Waals surface area (Å²) in [6.45, 7) is 8.59. The highest BCUT2D eigenvalue weighted by molar-refractivity contribution is 6.62. The highest BCUT2D eigenvalue weighted by Gasteiger charge is 2.52. The first-order chi connectivity index (χ1) is 17.8. The van der Waals surface area contributed by atoms with Crippen LogP contribution in [0.4, 0.5) is 24.5 Å². The summed E-state index contributed by atoms with van der Waals surface area (Å²) >= 11 is 0. The maximum atomic E-state index is 15.3. The second kappa shape index (κ2) is 9.53. The number of benzene rings is 1. The van der Waals surface area contributed by atoms with Gasteiger partial charge in [0, 0.05) is 43.6 Å². The van der Waals surface area contributed by atoms with Crippen molar-refractivity contribution in [3.63, 3.8) is 0 Å². The molecule has 0 bridgehead atoms. The number of rotatable bonds is 5. The first-order valence-corrected chi connectivity index (χ1v) is 13.0. The fourth-order valence-corrected chi connectivity index (χ4v) is 5.56. The number of nitro groups is 1. The van der Waals surface area contributed by atoms with E-state index < -0.39 is 53.3 Å². The minimum atomic E-state index is -3.06. The summed E-state index contributed by atoms with van der Waals surface area (Å²) < 4.78 is 59.1. The molecule has 1 atom stereocenters. The minimum absolute atomic E-state index is 0.0380. The molecule has 0 radical (unpaired) electrons. The second-order valence-electron chi connectivity index (χ2n) is 11.5. The summed E-state index contributed by atoms with van der Waals surface area (Å²) in [5.41, 5.74) is -0.504. The third kappa shape index (κ3) is 4.91. The smallest absolute Gasteiger partial charge is 0.399 e. The average Bonchev–Trinajstić information content (AvgIpc) is 3.40. The quantitative estimate of drug-likeness (QED) is 0.327. The normalized spacial score (nSPS) is 25.6. The van der Waals surface area contributed by atoms with Crippen molar-refractivity contribution in [2.45, 2.75) is 76.2 Å². The molecule has 0 amide bonds. The third-order valence-corrected chi connectivity index (χ3v) is 8.51. The van der Waals surface area contributed by atoms with Crippen LogP contribution in [0.2, 0.25) is 0 Å². The van der Waals surface area contributed by atoms with Gasteiger partial charge in [0.05, 0.1) is 46.5 Å². The van der Waals surface area contributed by atoms with Crippen molar-refractivity contribution >= 4 is 24.0 Å². The molecular formula is C25H33BF3N5O4. The summed E-state index contributed by atoms with van der Waals surface area (Å²) in [4.78, 5) is 13.3. The monoisotopic (exact) mass is 535 g/mol. The Morgan fingerprint density at radius 1 is 1.08 bits per heavy atom. The molecule has 13 heteroatoms. The maximum Gasteiger partial charge on any atom is 0.498 e. The Kier molecular flexibility index (Phi) is 6.76. The highest BCUT2D eigenvalue weighted by Crippen LogP contribution is 2.38. The van der Waals surface area contributed by atoms with Gasteiger partial charge in [0.25, 0.3) is 11.6 Å². The van der Waals surface area contributed by atoms with Crippen molar-refractivity contribution in [1.29, 1.82) is 0 Å². The molecule has 9 nitrogen and oxygen atoms in total. The molecule has 0 aliphatic carbocycles. The summed E-state index contributed by atoms with van der Waals surface area (Å²) in [6.07, 6.45) is 5.20. The molecule has 38 heavy (non-hydrogen) atoms. The molecule has 1 unspecified atom stereocenters. The van der Waals surface area contributed by atoms with Crippen molar-refractivity contribution < 1.29 is 27.4 Å². The molecule has 0 N–H and O–H groups in total. The Morgan fingerprint density at radius 3 is 2.32 bits per heavy atom. The molecule has 1 aromatic carbocycles. The van der Waals surface area contributed by atoms with Crippen molar-refractivity contribution in [2.24, 2.45) is 0 Å². The van der Waals surface area contributed by atoms with Crippen LogP contribution in [0, 0.1) is 15.9 Å². The molecule has 3 aliphatic heterocycles. The molecule has 2 aromatic rings. The number of piperidine rings is 2. The van der Waals surface area contributed by atoms with E-state index in [4.69, 9.17) is 9.31 Å². The number of hydrogen-bond acceptors (Lipinski definition) is 7. The van der Waals surface area contributed by atoms with Crippen LogP contribution in [0.5, 0.6) is 0 Å². The lowest BCUT2D eigenvalue weighted by molar-refractivity contribution is -0.385. The molecule has 0 saturated carbocycles. The largest absolute Gasteiger partial charge is 0.498 e. The van der Waals surface area contributed by atoms with Gasteiger partial charge in [-0.3, -0.25) is 19.7 Å². The van der Waals surface area contributed by atoms with E-state index >= 15 is 8.78 Å². The number of hydrogen-bond donors (Lipinski definition) is 0. The lowest BCUT2D eigenvalue weighted by Crippen LogP contribution is -2.59. The lowest BCUT2D eigenvalue weighted by Gasteiger charge is -2.46. The molecule has 4 heterocycles. The number of halogens is 3. The summed E-state index contributed by atoms with van der Waals surface area (Å²) in [6, 6.07) is 2.26. The van der Waals surface area contributed by atoms with Gasteiger partial charge in [-0.2, -0.15) is 5.10 Å². The predicted molar refractivity (Wildman–Crippen MR) is 136 cm³/mol. The van der Waals surface area contributed by atoms with Crippen molar-refractivity contribution in [1.82, 2.24) is 14.7 Å². The molecular weight excluding hydrogens is 502 g/mol. The van der Waals surface area contributed by atoms with Crippen LogP contribution >= 0.6 is 0 Å². The molecule has 5 rings (SSSR count). The van der Waals surface area contributed by atoms with Crippen molar-refractivity contribution in [3.8, 4) is 0 Å². The van der Waals surface area contributed by atoms with E-state index in [0.717, 1.165) is 17.6 Å². The van der Waals surface area contributed by atoms with Crippen LogP contribution in [0.3, 0.4) is 0 Å². The molecule has 3 aliphatic rings. The predicted octanol–water partition coefficient (Wildman–Crippen LogP) is 3.78. The van der Waals surface area contributed by atoms with Gasteiger partial charge in [0.15, 0.2) is 5.82 Å². The van der Waals surface area contributed by atoms with E-state index in [1.165, 1.54) is 11.0 Å². The zero-order valence-corrected chi connectivity index (χ0v) is 22.1. The van der Waals surface area contributed by atoms with Gasteiger partial charge < -0.3 is 14.2 Å². The van der Waals surface area contributed by atoms with Gasteiger partial charge in [-0.25, -0.2) is 13.2 Å². The van der Waals surface area contributed by atoms with Crippen LogP contribution in [-0.4, -0.2) is 76.1 Å². The van der Waals surface area contributed by atoms with E-state index in [0.29, 0.717) is 25.9 Å². The standard InChI is InChI=1S/C25H33BF3N5O4/c1-23(2)24(3,4)38-26(37-23)17-14-30-33(15-17)18-7-10-31(11-8-18)22-9-12-32(16-25(22,28)29)21-6-5-19(34(35)36)13-20(21)27/h5-6,13-15,18,22H,7-12,16H2,1-4H3. The van der Waals surface area contributed by atoms with Gasteiger partial charge in [0.2, 0.25) is 0 Å². The number of aromatic nitrogens is 2. The number of non-ortho nitro benzene ring substituents is 1. The first kappa shape index (κ1) is 27.0. The Hall–Kier alpha value is -2.64. The van der Waals surface area contributed by atoms with Gasteiger partial charge in [-0.15, -0.1) is 0 Å². The minimum Gasteiger partial charge on any atom is -0.399 e. The van der Waals surface area contributed by atoms with E-state index in [1.54, 1.807) is 6.20 Å². The zero-order chi connectivity index (χ0) is 27.5. The van der Waals surface area contributed by atoms with E-state index in [1.807, 2.05) is 43.5 Å². The summed E-state index contributed by atoms with van der Waals surface area (Å²) in [5.74, 6) is -3.93. The zero-order valence-electron chi connectivity index (χ0n) is 22.1. The van der Waals surface area contributed by atoms with Crippen molar-refractivity contribution in [3.05, 3.63) is 46.5 Å². The van der Waals surface area contributed by atoms with Crippen LogP contribution < -0.4 is 10.4 Å². The van der Waals surface area contributed by atoms with Crippen LogP contribution in [0.15, 0.2) is 30.6 Å². The Bertz CT molecular complexity index is 1190. The molecule has 3 fully saturated rings. The van der Waals surface area contributed by atoms with Crippen LogP contribution in [0.1, 0.15) is 53.0 Å². The molecule has 0 spiro atoms. The molecule has 1 aromatic heterocycles. The number of likely N-dealkylation sites (tertiary alicyclic amines) is 1. The number of anilines is 1. The number of nitro benzene ring substituents is 1. The van der Waals surface area contributed by atoms with E-state index in [2.05, 4.69) is 5.10 Å². The topological polar surface area (TPSA) is 85.9 Å². The number of alkyl halides is 2. The highest BCUT2D eigenvalue weighted by atomic mass is 19.3. The Labute approximate surface area is 220 Å². The fraction of sp³-hybridized carbons (Fsp3) is 0.640. The van der Waals surface area contributed by atoms with E-state index in [9.17, 15) is 14.5 Å². The van der Waals surface area contributed by atoms with Gasteiger partial charge in [-0.05, 0) is 53.0 Å².